The summed E-state index contributed by atoms with van der Waals surface area (Å²) in [5.74, 6) is -2.02. The molecule has 2 aromatic carbocycles. The van der Waals surface area contributed by atoms with E-state index >= 15 is 0 Å². The number of nitrogens with zero attached hydrogens (tertiary/aromatic N) is 1. The Kier molecular flexibility index (Phi) is 7.75. The van der Waals surface area contributed by atoms with Crippen LogP contribution < -0.4 is 10.2 Å². The lowest BCUT2D eigenvalue weighted by molar-refractivity contribution is -0.0328. The molecule has 0 bridgehead atoms. The number of hydrogen-bond donors (Lipinski definition) is 1. The number of benzene rings is 2. The van der Waals surface area contributed by atoms with Gasteiger partial charge in [-0.1, -0.05) is 29.3 Å². The van der Waals surface area contributed by atoms with Crippen LogP contribution in [0.4, 0.5) is 28.0 Å². The minimum atomic E-state index is -4.60. The topological polar surface area (TPSA) is 58.6 Å². The van der Waals surface area contributed by atoms with Crippen molar-refractivity contribution in [2.75, 3.05) is 18.7 Å². The van der Waals surface area contributed by atoms with Crippen LogP contribution in [0.1, 0.15) is 10.4 Å². The highest BCUT2D eigenvalue weighted by atomic mass is 35.5. The number of carbonyl (C=O) groups excluding carboxylic acids is 2. The molecule has 5 nitrogen and oxygen atoms in total. The van der Waals surface area contributed by atoms with Gasteiger partial charge in [0.05, 0.1) is 21.3 Å². The lowest BCUT2D eigenvalue weighted by atomic mass is 10.2. The Bertz CT molecular complexity index is 928. The number of thioether (sulfide) groups is 1. The number of urea groups is 1. The summed E-state index contributed by atoms with van der Waals surface area (Å²) in [6.45, 7) is -0.481. The van der Waals surface area contributed by atoms with E-state index in [9.17, 15) is 27.2 Å². The third kappa shape index (κ3) is 6.23. The molecule has 2 rings (SSSR count). The maximum absolute atomic E-state index is 14.4. The highest BCUT2D eigenvalue weighted by Gasteiger charge is 2.30. The van der Waals surface area contributed by atoms with Crippen LogP contribution in [-0.2, 0) is 4.74 Å². The Labute approximate surface area is 176 Å². The molecule has 12 heteroatoms. The molecule has 0 saturated carbocycles. The van der Waals surface area contributed by atoms with E-state index in [4.69, 9.17) is 27.9 Å². The molecule has 29 heavy (non-hydrogen) atoms. The van der Waals surface area contributed by atoms with Crippen molar-refractivity contribution >= 4 is 52.6 Å². The number of imide groups is 1. The van der Waals surface area contributed by atoms with E-state index in [2.05, 4.69) is 0 Å². The molecule has 0 aliphatic heterocycles. The number of carbonyl (C=O) groups is 2. The summed E-state index contributed by atoms with van der Waals surface area (Å²) in [7, 11) is 1.21. The van der Waals surface area contributed by atoms with Gasteiger partial charge in [0.1, 0.15) is 12.5 Å². The summed E-state index contributed by atoms with van der Waals surface area (Å²) in [6.07, 6.45) is 0. The van der Waals surface area contributed by atoms with Crippen LogP contribution in [0.3, 0.4) is 0 Å². The van der Waals surface area contributed by atoms with Gasteiger partial charge in [-0.2, -0.15) is 13.2 Å². The van der Waals surface area contributed by atoms with E-state index < -0.39 is 46.7 Å². The summed E-state index contributed by atoms with van der Waals surface area (Å²) in [6, 6.07) is 5.71. The van der Waals surface area contributed by atoms with Crippen LogP contribution in [0.25, 0.3) is 0 Å². The first-order chi connectivity index (χ1) is 13.5. The first kappa shape index (κ1) is 23.3. The normalized spacial score (nSPS) is 11.3. The maximum Gasteiger partial charge on any atom is 0.446 e. The highest BCUT2D eigenvalue weighted by Crippen LogP contribution is 2.38. The number of amides is 3. The first-order valence-corrected chi connectivity index (χ1v) is 9.22. The second kappa shape index (κ2) is 9.66. The predicted octanol–water partition coefficient (Wildman–Crippen LogP) is 5.70. The molecular weight excluding hydrogens is 459 g/mol. The summed E-state index contributed by atoms with van der Waals surface area (Å²) in [5.41, 5.74) is -5.08. The first-order valence-electron chi connectivity index (χ1n) is 7.64. The van der Waals surface area contributed by atoms with E-state index in [-0.39, 0.29) is 21.3 Å². The van der Waals surface area contributed by atoms with E-state index in [1.807, 2.05) is 5.32 Å². The number of nitrogens with one attached hydrogen (secondary N) is 1. The maximum atomic E-state index is 14.4. The number of methoxy groups -OCH3 is 1. The number of alkyl halides is 3. The zero-order chi connectivity index (χ0) is 21.8. The molecule has 156 valence electrons. The zero-order valence-corrected chi connectivity index (χ0v) is 16.8. The minimum absolute atomic E-state index is 0.0857. The van der Waals surface area contributed by atoms with Gasteiger partial charge in [0, 0.05) is 12.0 Å². The van der Waals surface area contributed by atoms with Gasteiger partial charge in [-0.25, -0.2) is 9.18 Å². The largest absolute Gasteiger partial charge is 0.446 e. The molecule has 0 aromatic heterocycles. The number of anilines is 1. The molecule has 0 spiro atoms. The van der Waals surface area contributed by atoms with Gasteiger partial charge in [-0.3, -0.25) is 15.0 Å². The van der Waals surface area contributed by atoms with Gasteiger partial charge >= 0.3 is 11.5 Å². The molecule has 0 heterocycles. The van der Waals surface area contributed by atoms with Crippen LogP contribution in [0, 0.1) is 5.82 Å². The summed E-state index contributed by atoms with van der Waals surface area (Å²) in [4.78, 5) is 25.1. The van der Waals surface area contributed by atoms with Crippen molar-refractivity contribution in [1.82, 2.24) is 5.32 Å². The van der Waals surface area contributed by atoms with Gasteiger partial charge in [-0.05, 0) is 42.1 Å². The molecule has 0 fully saturated rings. The average Bonchev–Trinajstić information content (AvgIpc) is 2.61. The fraction of sp³-hybridized carbons (Fsp3) is 0.176. The minimum Gasteiger partial charge on any atom is -0.364 e. The Morgan fingerprint density at radius 2 is 1.90 bits per heavy atom. The van der Waals surface area contributed by atoms with Gasteiger partial charge in [0.15, 0.2) is 0 Å². The lowest BCUT2D eigenvalue weighted by Gasteiger charge is -2.22. The van der Waals surface area contributed by atoms with E-state index in [1.54, 1.807) is 0 Å². The molecule has 0 atom stereocenters. The SMILES string of the molecule is COCN(C(=O)NC(=O)c1cccc(Cl)c1Cl)c1ccc(SC(F)(F)F)cc1F. The average molecular weight is 471 g/mol. The van der Waals surface area contributed by atoms with Crippen LogP contribution in [-0.4, -0.2) is 31.3 Å². The fourth-order valence-corrected chi connectivity index (χ4v) is 3.13. The van der Waals surface area contributed by atoms with Crippen molar-refractivity contribution < 1.29 is 31.9 Å². The predicted molar refractivity (Wildman–Crippen MR) is 102 cm³/mol. The third-order valence-electron chi connectivity index (χ3n) is 3.36. The monoisotopic (exact) mass is 470 g/mol. The van der Waals surface area contributed by atoms with Crippen molar-refractivity contribution in [1.29, 1.82) is 0 Å². The molecule has 3 amide bonds. The van der Waals surface area contributed by atoms with Crippen molar-refractivity contribution in [3.05, 3.63) is 57.8 Å². The Morgan fingerprint density at radius 3 is 2.48 bits per heavy atom. The van der Waals surface area contributed by atoms with Crippen LogP contribution in [0.2, 0.25) is 10.0 Å². The molecule has 2 aromatic rings. The Morgan fingerprint density at radius 1 is 1.21 bits per heavy atom. The molecule has 1 N–H and O–H groups in total. The van der Waals surface area contributed by atoms with E-state index in [0.29, 0.717) is 11.0 Å². The van der Waals surface area contributed by atoms with Crippen molar-refractivity contribution in [3.63, 3.8) is 0 Å². The number of ether oxygens (including phenoxy) is 1. The highest BCUT2D eigenvalue weighted by molar-refractivity contribution is 8.00. The van der Waals surface area contributed by atoms with Crippen LogP contribution in [0.5, 0.6) is 0 Å². The molecular formula is C17H12Cl2F4N2O3S. The third-order valence-corrected chi connectivity index (χ3v) is 4.90. The summed E-state index contributed by atoms with van der Waals surface area (Å²) in [5, 5.41) is 2.00. The quantitative estimate of drug-likeness (QED) is 0.345. The Hall–Kier alpha value is -2.01. The van der Waals surface area contributed by atoms with E-state index in [1.165, 1.54) is 25.3 Å². The molecule has 0 aliphatic rings. The second-order valence-electron chi connectivity index (χ2n) is 5.37. The smallest absolute Gasteiger partial charge is 0.364 e. The number of halogens is 6. The molecule has 0 aliphatic carbocycles. The van der Waals surface area contributed by atoms with Gasteiger partial charge < -0.3 is 4.74 Å². The lowest BCUT2D eigenvalue weighted by Crippen LogP contribution is -2.44. The standard InChI is InChI=1S/C17H12Cl2F4N2O3S/c1-28-8-25(13-6-5-9(7-12(13)20)29-17(21,22)23)16(27)24-15(26)10-3-2-4-11(18)14(10)19/h2-7H,8H2,1H3,(H,24,26,27). The summed E-state index contributed by atoms with van der Waals surface area (Å²) < 4.78 is 56.5. The van der Waals surface area contributed by atoms with Crippen molar-refractivity contribution in [2.24, 2.45) is 0 Å². The van der Waals surface area contributed by atoms with Gasteiger partial charge in [0.25, 0.3) is 5.91 Å². The summed E-state index contributed by atoms with van der Waals surface area (Å²) >= 11 is 11.2. The zero-order valence-electron chi connectivity index (χ0n) is 14.5. The molecule has 0 saturated heterocycles. The van der Waals surface area contributed by atoms with Crippen molar-refractivity contribution in [2.45, 2.75) is 10.4 Å². The molecule has 0 radical (unpaired) electrons. The van der Waals surface area contributed by atoms with Crippen molar-refractivity contribution in [3.8, 4) is 0 Å². The molecule has 0 unspecified atom stereocenters. The number of rotatable bonds is 5. The van der Waals surface area contributed by atoms with E-state index in [0.717, 1.165) is 12.1 Å². The Balaban J connectivity index is 2.25. The fourth-order valence-electron chi connectivity index (χ4n) is 2.18. The van der Waals surface area contributed by atoms with Crippen LogP contribution in [0.15, 0.2) is 41.3 Å². The second-order valence-corrected chi connectivity index (χ2v) is 7.29. The van der Waals surface area contributed by atoms with Crippen LogP contribution >= 0.6 is 35.0 Å². The van der Waals surface area contributed by atoms with Gasteiger partial charge in [-0.15, -0.1) is 0 Å². The number of hydrogen-bond acceptors (Lipinski definition) is 4. The van der Waals surface area contributed by atoms with Gasteiger partial charge in [0.2, 0.25) is 0 Å².